The topological polar surface area (TPSA) is 59.3 Å². The van der Waals surface area contributed by atoms with Crippen molar-refractivity contribution in [2.24, 2.45) is 17.3 Å². The summed E-state index contributed by atoms with van der Waals surface area (Å²) < 4.78 is 5.14. The van der Waals surface area contributed by atoms with E-state index in [0.717, 1.165) is 22.3 Å². The summed E-state index contributed by atoms with van der Waals surface area (Å²) in [7, 11) is 0. The highest BCUT2D eigenvalue weighted by atomic mass is 16.4. The van der Waals surface area contributed by atoms with Gasteiger partial charge in [0, 0.05) is 34.8 Å². The summed E-state index contributed by atoms with van der Waals surface area (Å²) in [6.45, 7) is 6.44. The minimum Gasteiger partial charge on any atom is -0.423 e. The monoisotopic (exact) mass is 309 g/mol. The molecule has 1 unspecified atom stereocenters. The Morgan fingerprint density at radius 3 is 2.74 bits per heavy atom. The minimum atomic E-state index is -0.352. The van der Waals surface area contributed by atoms with Gasteiger partial charge in [-0.3, -0.25) is 4.79 Å². The number of carbonyl (C=O) groups is 1. The zero-order chi connectivity index (χ0) is 16.4. The molecule has 2 saturated carbocycles. The molecule has 0 radical (unpaired) electrons. The smallest absolute Gasteiger partial charge is 0.336 e. The van der Waals surface area contributed by atoms with Gasteiger partial charge in [0.15, 0.2) is 5.78 Å². The van der Waals surface area contributed by atoms with Gasteiger partial charge in [0.2, 0.25) is 0 Å². The fourth-order valence-electron chi connectivity index (χ4n) is 4.06. The number of benzene rings is 1. The highest BCUT2D eigenvalue weighted by Gasteiger charge is 2.65. The number of allylic oxidation sites excluding steroid dienone is 2. The molecule has 0 spiro atoms. The standard InChI is InChI=1S/C19H19NO3/c1-10(17-14(21)9-13-18(17)19(13,2)3)20-12-5-6-15-11(8-12)4-7-16(22)23-15/h4-8,13,18,20H,9H2,1-3H3/b17-10+/t13?,18-/m0/s1. The quantitative estimate of drug-likeness (QED) is 0.678. The second-order valence-corrected chi connectivity index (χ2v) is 7.20. The Bertz CT molecular complexity index is 920. The number of hydrogen-bond donors (Lipinski definition) is 1. The van der Waals surface area contributed by atoms with Crippen LogP contribution in [0.2, 0.25) is 0 Å². The molecule has 0 saturated heterocycles. The van der Waals surface area contributed by atoms with Gasteiger partial charge in [-0.15, -0.1) is 0 Å². The van der Waals surface area contributed by atoms with Gasteiger partial charge in [-0.1, -0.05) is 13.8 Å². The highest BCUT2D eigenvalue weighted by molar-refractivity contribution is 6.01. The van der Waals surface area contributed by atoms with Crippen molar-refractivity contribution in [2.45, 2.75) is 27.2 Å². The van der Waals surface area contributed by atoms with Crippen molar-refractivity contribution in [1.29, 1.82) is 0 Å². The molecule has 0 bridgehead atoms. The fourth-order valence-corrected chi connectivity index (χ4v) is 4.06. The van der Waals surface area contributed by atoms with Crippen molar-refractivity contribution in [2.75, 3.05) is 5.32 Å². The van der Waals surface area contributed by atoms with Crippen LogP contribution in [-0.4, -0.2) is 5.78 Å². The molecule has 1 aromatic carbocycles. The molecule has 2 aromatic rings. The summed E-state index contributed by atoms with van der Waals surface area (Å²) in [6, 6.07) is 8.73. The lowest BCUT2D eigenvalue weighted by atomic mass is 9.95. The molecule has 2 aliphatic carbocycles. The van der Waals surface area contributed by atoms with Crippen molar-refractivity contribution in [1.82, 2.24) is 0 Å². The summed E-state index contributed by atoms with van der Waals surface area (Å²) in [5.74, 6) is 1.17. The second-order valence-electron chi connectivity index (χ2n) is 7.20. The first kappa shape index (κ1) is 14.2. The second kappa shape index (κ2) is 4.57. The van der Waals surface area contributed by atoms with Gasteiger partial charge < -0.3 is 9.73 Å². The Morgan fingerprint density at radius 2 is 2.00 bits per heavy atom. The molecule has 0 amide bonds. The Balaban J connectivity index is 1.67. The molecular formula is C19H19NO3. The maximum atomic E-state index is 12.2. The Kier molecular flexibility index (Phi) is 2.83. The average Bonchev–Trinajstić information content (AvgIpc) is 2.84. The molecule has 1 heterocycles. The summed E-state index contributed by atoms with van der Waals surface area (Å²) in [4.78, 5) is 23.5. The average molecular weight is 309 g/mol. The lowest BCUT2D eigenvalue weighted by Crippen LogP contribution is -2.12. The van der Waals surface area contributed by atoms with Crippen LogP contribution < -0.4 is 10.9 Å². The van der Waals surface area contributed by atoms with Gasteiger partial charge in [0.05, 0.1) is 0 Å². The lowest BCUT2D eigenvalue weighted by molar-refractivity contribution is -0.115. The van der Waals surface area contributed by atoms with E-state index in [2.05, 4.69) is 19.2 Å². The zero-order valence-corrected chi connectivity index (χ0v) is 13.5. The third kappa shape index (κ3) is 2.12. The molecule has 1 N–H and O–H groups in total. The SMILES string of the molecule is C/C(Nc1ccc2oc(=O)ccc2c1)=C1/C(=O)CC2[C@@H]1C2(C)C. The van der Waals surface area contributed by atoms with E-state index >= 15 is 0 Å². The predicted molar refractivity (Wildman–Crippen MR) is 89.2 cm³/mol. The van der Waals surface area contributed by atoms with E-state index in [9.17, 15) is 9.59 Å². The van der Waals surface area contributed by atoms with E-state index in [1.807, 2.05) is 19.1 Å². The normalized spacial score (nSPS) is 27.0. The van der Waals surface area contributed by atoms with Crippen LogP contribution in [0.4, 0.5) is 5.69 Å². The molecule has 4 nitrogen and oxygen atoms in total. The molecule has 4 rings (SSSR count). The zero-order valence-electron chi connectivity index (χ0n) is 13.5. The maximum absolute atomic E-state index is 12.2. The number of carbonyl (C=O) groups excluding carboxylic acids is 1. The van der Waals surface area contributed by atoms with Crippen molar-refractivity contribution in [3.8, 4) is 0 Å². The molecule has 1 aromatic heterocycles. The first-order chi connectivity index (χ1) is 10.9. The maximum Gasteiger partial charge on any atom is 0.336 e. The molecule has 2 aliphatic rings. The first-order valence-corrected chi connectivity index (χ1v) is 7.93. The van der Waals surface area contributed by atoms with Crippen LogP contribution in [0, 0.1) is 17.3 Å². The van der Waals surface area contributed by atoms with Crippen molar-refractivity contribution in [3.05, 3.63) is 52.0 Å². The molecule has 2 atom stereocenters. The van der Waals surface area contributed by atoms with E-state index in [-0.39, 0.29) is 16.8 Å². The van der Waals surface area contributed by atoms with E-state index in [4.69, 9.17) is 4.42 Å². The van der Waals surface area contributed by atoms with Crippen LogP contribution >= 0.6 is 0 Å². The van der Waals surface area contributed by atoms with Gasteiger partial charge in [0.1, 0.15) is 5.58 Å². The van der Waals surface area contributed by atoms with Gasteiger partial charge >= 0.3 is 5.63 Å². The molecule has 0 aliphatic heterocycles. The number of rotatable bonds is 2. The van der Waals surface area contributed by atoms with Gasteiger partial charge in [-0.2, -0.15) is 0 Å². The first-order valence-electron chi connectivity index (χ1n) is 7.93. The third-order valence-corrected chi connectivity index (χ3v) is 5.42. The summed E-state index contributed by atoms with van der Waals surface area (Å²) in [5.41, 5.74) is 3.25. The molecular weight excluding hydrogens is 290 g/mol. The van der Waals surface area contributed by atoms with Crippen molar-refractivity contribution >= 4 is 22.4 Å². The number of ketones is 1. The Labute approximate surface area is 134 Å². The molecule has 118 valence electrons. The predicted octanol–water partition coefficient (Wildman–Crippen LogP) is 3.72. The number of nitrogens with one attached hydrogen (secondary N) is 1. The summed E-state index contributed by atoms with van der Waals surface area (Å²) in [6.07, 6.45) is 0.675. The number of fused-ring (bicyclic) bond motifs is 2. The molecule has 23 heavy (non-hydrogen) atoms. The van der Waals surface area contributed by atoms with Crippen LogP contribution in [0.1, 0.15) is 27.2 Å². The van der Waals surface area contributed by atoms with Crippen LogP contribution in [0.25, 0.3) is 11.0 Å². The number of anilines is 1. The Morgan fingerprint density at radius 1 is 1.22 bits per heavy atom. The number of hydrogen-bond acceptors (Lipinski definition) is 4. The summed E-state index contributed by atoms with van der Waals surface area (Å²) in [5, 5.41) is 4.21. The minimum absolute atomic E-state index is 0.249. The fraction of sp³-hybridized carbons (Fsp3) is 0.368. The third-order valence-electron chi connectivity index (χ3n) is 5.42. The summed E-state index contributed by atoms with van der Waals surface area (Å²) >= 11 is 0. The van der Waals surface area contributed by atoms with Crippen LogP contribution in [0.3, 0.4) is 0 Å². The van der Waals surface area contributed by atoms with E-state index in [1.54, 1.807) is 12.1 Å². The van der Waals surface area contributed by atoms with E-state index < -0.39 is 0 Å². The number of Topliss-reactive ketones (excluding diaryl/α,β-unsaturated/α-hetero) is 1. The van der Waals surface area contributed by atoms with Crippen LogP contribution in [-0.2, 0) is 4.79 Å². The molecule has 2 fully saturated rings. The van der Waals surface area contributed by atoms with E-state index in [0.29, 0.717) is 23.8 Å². The largest absolute Gasteiger partial charge is 0.423 e. The van der Waals surface area contributed by atoms with Crippen LogP contribution in [0.15, 0.2) is 50.8 Å². The molecule has 4 heteroatoms. The lowest BCUT2D eigenvalue weighted by Gasteiger charge is -2.14. The van der Waals surface area contributed by atoms with Gasteiger partial charge in [0.25, 0.3) is 0 Å². The van der Waals surface area contributed by atoms with Gasteiger partial charge in [-0.05, 0) is 48.4 Å². The Hall–Kier alpha value is -2.36. The van der Waals surface area contributed by atoms with Gasteiger partial charge in [-0.25, -0.2) is 4.79 Å². The van der Waals surface area contributed by atoms with E-state index in [1.165, 1.54) is 6.07 Å². The highest BCUT2D eigenvalue weighted by Crippen LogP contribution is 2.68. The van der Waals surface area contributed by atoms with Crippen LogP contribution in [0.5, 0.6) is 0 Å². The van der Waals surface area contributed by atoms with Crippen molar-refractivity contribution in [3.63, 3.8) is 0 Å². The van der Waals surface area contributed by atoms with Crippen molar-refractivity contribution < 1.29 is 9.21 Å².